The van der Waals surface area contributed by atoms with Crippen LogP contribution in [0.2, 0.25) is 0 Å². The molecule has 0 saturated heterocycles. The first kappa shape index (κ1) is 15.4. The van der Waals surface area contributed by atoms with Crippen LogP contribution in [-0.4, -0.2) is 20.8 Å². The molecule has 0 heterocycles. The van der Waals surface area contributed by atoms with Crippen LogP contribution in [0.5, 0.6) is 11.5 Å². The maximum atomic E-state index is 5.49. The van der Waals surface area contributed by atoms with E-state index in [4.69, 9.17) is 9.47 Å². The number of ether oxygens (including phenoxy) is 2. The molecule has 0 saturated carbocycles. The molecule has 0 atom stereocenters. The highest BCUT2D eigenvalue weighted by atomic mass is 16.5. The molecular weight excluding hydrogens is 262 g/mol. The average molecular weight is 285 g/mol. The summed E-state index contributed by atoms with van der Waals surface area (Å²) in [5.74, 6) is 1.53. The summed E-state index contributed by atoms with van der Waals surface area (Å²) < 4.78 is 10.8. The van der Waals surface area contributed by atoms with Gasteiger partial charge in [0.15, 0.2) is 11.5 Å². The van der Waals surface area contributed by atoms with Gasteiger partial charge in [-0.3, -0.25) is 0 Å². The van der Waals surface area contributed by atoms with Crippen LogP contribution in [0.1, 0.15) is 18.9 Å². The Morgan fingerprint density at radius 2 is 1.71 bits per heavy atom. The molecule has 0 aliphatic heterocycles. The Morgan fingerprint density at radius 1 is 0.952 bits per heavy atom. The van der Waals surface area contributed by atoms with Gasteiger partial charge in [-0.25, -0.2) is 0 Å². The van der Waals surface area contributed by atoms with E-state index in [0.29, 0.717) is 0 Å². The first-order valence-corrected chi connectivity index (χ1v) is 7.31. The molecule has 2 rings (SSSR count). The summed E-state index contributed by atoms with van der Waals surface area (Å²) in [4.78, 5) is 0. The standard InChI is InChI=1S/C18H23NO2/c1-4-12-19-13-14-8-10-15(11-9-14)16-6-5-7-17(20-2)18(16)21-3/h5-11,19H,4,12-13H2,1-3H3. The fourth-order valence-electron chi connectivity index (χ4n) is 2.33. The number of nitrogens with one attached hydrogen (secondary N) is 1. The molecule has 0 amide bonds. The van der Waals surface area contributed by atoms with Gasteiger partial charge in [-0.1, -0.05) is 43.3 Å². The predicted molar refractivity (Wildman–Crippen MR) is 87.0 cm³/mol. The van der Waals surface area contributed by atoms with Gasteiger partial charge in [-0.15, -0.1) is 0 Å². The highest BCUT2D eigenvalue weighted by Crippen LogP contribution is 2.37. The van der Waals surface area contributed by atoms with Crippen LogP contribution in [0.4, 0.5) is 0 Å². The fourth-order valence-corrected chi connectivity index (χ4v) is 2.33. The smallest absolute Gasteiger partial charge is 0.168 e. The zero-order chi connectivity index (χ0) is 15.1. The van der Waals surface area contributed by atoms with Crippen molar-refractivity contribution in [3.63, 3.8) is 0 Å². The lowest BCUT2D eigenvalue weighted by atomic mass is 10.0. The third-order valence-electron chi connectivity index (χ3n) is 3.42. The molecular formula is C18H23NO2. The molecule has 0 aliphatic rings. The summed E-state index contributed by atoms with van der Waals surface area (Å²) in [6, 6.07) is 14.5. The second-order valence-corrected chi connectivity index (χ2v) is 4.91. The van der Waals surface area contributed by atoms with Gasteiger partial charge in [0.25, 0.3) is 0 Å². The molecule has 0 aliphatic carbocycles. The third-order valence-corrected chi connectivity index (χ3v) is 3.42. The summed E-state index contributed by atoms with van der Waals surface area (Å²) in [7, 11) is 3.33. The minimum Gasteiger partial charge on any atom is -0.493 e. The van der Waals surface area contributed by atoms with E-state index in [-0.39, 0.29) is 0 Å². The molecule has 21 heavy (non-hydrogen) atoms. The first-order valence-electron chi connectivity index (χ1n) is 7.31. The lowest BCUT2D eigenvalue weighted by molar-refractivity contribution is 0.356. The van der Waals surface area contributed by atoms with Gasteiger partial charge >= 0.3 is 0 Å². The van der Waals surface area contributed by atoms with Gasteiger partial charge < -0.3 is 14.8 Å². The average Bonchev–Trinajstić information content (AvgIpc) is 2.55. The van der Waals surface area contributed by atoms with Gasteiger partial charge in [0.05, 0.1) is 14.2 Å². The molecule has 3 nitrogen and oxygen atoms in total. The van der Waals surface area contributed by atoms with Crippen molar-refractivity contribution in [2.45, 2.75) is 19.9 Å². The summed E-state index contributed by atoms with van der Waals surface area (Å²) in [6.45, 7) is 4.12. The van der Waals surface area contributed by atoms with E-state index < -0.39 is 0 Å². The summed E-state index contributed by atoms with van der Waals surface area (Å²) in [6.07, 6.45) is 1.15. The van der Waals surface area contributed by atoms with E-state index in [0.717, 1.165) is 42.1 Å². The lowest BCUT2D eigenvalue weighted by Gasteiger charge is -2.13. The molecule has 2 aromatic carbocycles. The molecule has 3 heteroatoms. The second kappa shape index (κ2) is 7.70. The number of benzene rings is 2. The van der Waals surface area contributed by atoms with Crippen LogP contribution in [0.15, 0.2) is 42.5 Å². The summed E-state index contributed by atoms with van der Waals surface area (Å²) in [5.41, 5.74) is 3.46. The molecule has 2 aromatic rings. The molecule has 0 bridgehead atoms. The van der Waals surface area contributed by atoms with Crippen LogP contribution in [0.3, 0.4) is 0 Å². The van der Waals surface area contributed by atoms with E-state index in [9.17, 15) is 0 Å². The van der Waals surface area contributed by atoms with Crippen molar-refractivity contribution in [2.24, 2.45) is 0 Å². The normalized spacial score (nSPS) is 10.4. The minimum absolute atomic E-state index is 0.753. The molecule has 0 aromatic heterocycles. The highest BCUT2D eigenvalue weighted by Gasteiger charge is 2.10. The zero-order valence-electron chi connectivity index (χ0n) is 13.0. The Kier molecular flexibility index (Phi) is 5.64. The van der Waals surface area contributed by atoms with Crippen LogP contribution in [0, 0.1) is 0 Å². The van der Waals surface area contributed by atoms with Crippen molar-refractivity contribution < 1.29 is 9.47 Å². The van der Waals surface area contributed by atoms with Gasteiger partial charge in [0, 0.05) is 12.1 Å². The fraction of sp³-hybridized carbons (Fsp3) is 0.333. The Hall–Kier alpha value is -2.00. The number of hydrogen-bond donors (Lipinski definition) is 1. The van der Waals surface area contributed by atoms with Gasteiger partial charge in [0.2, 0.25) is 0 Å². The Labute approximate surface area is 126 Å². The first-order chi connectivity index (χ1) is 10.3. The maximum absolute atomic E-state index is 5.49. The van der Waals surface area contributed by atoms with E-state index in [1.807, 2.05) is 18.2 Å². The van der Waals surface area contributed by atoms with Gasteiger partial charge in [-0.2, -0.15) is 0 Å². The molecule has 112 valence electrons. The Morgan fingerprint density at radius 3 is 2.33 bits per heavy atom. The Bertz CT molecular complexity index is 564. The topological polar surface area (TPSA) is 30.5 Å². The van der Waals surface area contributed by atoms with Crippen molar-refractivity contribution in [1.82, 2.24) is 5.32 Å². The molecule has 0 unspecified atom stereocenters. The van der Waals surface area contributed by atoms with Crippen LogP contribution >= 0.6 is 0 Å². The summed E-state index contributed by atoms with van der Waals surface area (Å²) >= 11 is 0. The van der Waals surface area contributed by atoms with Crippen molar-refractivity contribution in [3.05, 3.63) is 48.0 Å². The zero-order valence-corrected chi connectivity index (χ0v) is 13.0. The third kappa shape index (κ3) is 3.76. The van der Waals surface area contributed by atoms with Gasteiger partial charge in [-0.05, 0) is 30.2 Å². The quantitative estimate of drug-likeness (QED) is 0.783. The van der Waals surface area contributed by atoms with Crippen LogP contribution in [-0.2, 0) is 6.54 Å². The van der Waals surface area contributed by atoms with E-state index in [1.165, 1.54) is 5.56 Å². The molecule has 1 N–H and O–H groups in total. The maximum Gasteiger partial charge on any atom is 0.168 e. The van der Waals surface area contributed by atoms with Crippen LogP contribution < -0.4 is 14.8 Å². The minimum atomic E-state index is 0.753. The van der Waals surface area contributed by atoms with E-state index in [2.05, 4.69) is 36.5 Å². The molecule has 0 spiro atoms. The molecule has 0 fully saturated rings. The van der Waals surface area contributed by atoms with E-state index >= 15 is 0 Å². The largest absolute Gasteiger partial charge is 0.493 e. The lowest BCUT2D eigenvalue weighted by Crippen LogP contribution is -2.13. The highest BCUT2D eigenvalue weighted by molar-refractivity contribution is 5.73. The van der Waals surface area contributed by atoms with Crippen molar-refractivity contribution >= 4 is 0 Å². The molecule has 0 radical (unpaired) electrons. The second-order valence-electron chi connectivity index (χ2n) is 4.91. The number of rotatable bonds is 7. The SMILES string of the molecule is CCCNCc1ccc(-c2cccc(OC)c2OC)cc1. The van der Waals surface area contributed by atoms with Crippen molar-refractivity contribution in [3.8, 4) is 22.6 Å². The van der Waals surface area contributed by atoms with Crippen molar-refractivity contribution in [2.75, 3.05) is 20.8 Å². The number of para-hydroxylation sites is 1. The predicted octanol–water partition coefficient (Wildman–Crippen LogP) is 3.87. The summed E-state index contributed by atoms with van der Waals surface area (Å²) in [5, 5.41) is 3.41. The van der Waals surface area contributed by atoms with Crippen LogP contribution in [0.25, 0.3) is 11.1 Å². The van der Waals surface area contributed by atoms with Crippen molar-refractivity contribution in [1.29, 1.82) is 0 Å². The Balaban J connectivity index is 2.22. The monoisotopic (exact) mass is 285 g/mol. The van der Waals surface area contributed by atoms with Gasteiger partial charge in [0.1, 0.15) is 0 Å². The number of methoxy groups -OCH3 is 2. The van der Waals surface area contributed by atoms with E-state index in [1.54, 1.807) is 14.2 Å². The number of hydrogen-bond acceptors (Lipinski definition) is 3.